The lowest BCUT2D eigenvalue weighted by Crippen LogP contribution is -2.36. The van der Waals surface area contributed by atoms with Gasteiger partial charge < -0.3 is 5.32 Å². The van der Waals surface area contributed by atoms with E-state index in [1.807, 2.05) is 18.2 Å². The third-order valence-electron chi connectivity index (χ3n) is 5.07. The predicted molar refractivity (Wildman–Crippen MR) is 97.6 cm³/mol. The summed E-state index contributed by atoms with van der Waals surface area (Å²) in [6.45, 7) is 0. The smallest absolute Gasteiger partial charge is 0.287 e. The molecule has 0 bridgehead atoms. The number of rotatable bonds is 2. The Morgan fingerprint density at radius 3 is 2.67 bits per heavy atom. The lowest BCUT2D eigenvalue weighted by atomic mass is 9.80. The van der Waals surface area contributed by atoms with Gasteiger partial charge in [-0.3, -0.25) is 10.1 Å². The molecule has 0 spiro atoms. The highest BCUT2D eigenvalue weighted by Gasteiger charge is 2.43. The second-order valence-corrected chi connectivity index (χ2v) is 7.22. The van der Waals surface area contributed by atoms with E-state index in [1.165, 1.54) is 17.2 Å². The van der Waals surface area contributed by atoms with E-state index in [1.54, 1.807) is 6.07 Å². The van der Waals surface area contributed by atoms with Gasteiger partial charge in [0.05, 0.1) is 16.0 Å². The Kier molecular flexibility index (Phi) is 3.77. The monoisotopic (exact) mass is 358 g/mol. The second kappa shape index (κ2) is 5.83. The number of nitrogens with zero attached hydrogens (tertiary/aromatic N) is 1. The quantitative estimate of drug-likeness (QED) is 0.477. The van der Waals surface area contributed by atoms with Gasteiger partial charge in [-0.2, -0.15) is 0 Å². The summed E-state index contributed by atoms with van der Waals surface area (Å²) in [6, 6.07) is 13.7. The SMILES string of the molecule is O=[N+]([O-])c1ccc(C2c3ccccc3C3NC(=S)CCC32)cc1Cl. The van der Waals surface area contributed by atoms with Crippen LogP contribution in [0.4, 0.5) is 5.69 Å². The number of piperidine rings is 1. The van der Waals surface area contributed by atoms with Crippen LogP contribution in [0.25, 0.3) is 0 Å². The van der Waals surface area contributed by atoms with Crippen molar-refractivity contribution in [3.63, 3.8) is 0 Å². The van der Waals surface area contributed by atoms with Crippen molar-refractivity contribution < 1.29 is 4.92 Å². The first kappa shape index (κ1) is 15.5. The van der Waals surface area contributed by atoms with Gasteiger partial charge in [-0.05, 0) is 41.5 Å². The molecule has 2 aliphatic rings. The number of nitrogens with one attached hydrogen (secondary N) is 1. The molecule has 3 unspecified atom stereocenters. The van der Waals surface area contributed by atoms with Crippen LogP contribution in [0.2, 0.25) is 5.02 Å². The minimum absolute atomic E-state index is 0.0498. The topological polar surface area (TPSA) is 55.2 Å². The highest BCUT2D eigenvalue weighted by atomic mass is 35.5. The zero-order valence-electron chi connectivity index (χ0n) is 12.7. The molecule has 1 aliphatic heterocycles. The highest BCUT2D eigenvalue weighted by Crippen LogP contribution is 2.52. The van der Waals surface area contributed by atoms with Gasteiger partial charge in [0.1, 0.15) is 5.02 Å². The van der Waals surface area contributed by atoms with Gasteiger partial charge in [0.2, 0.25) is 0 Å². The highest BCUT2D eigenvalue weighted by molar-refractivity contribution is 7.80. The Balaban J connectivity index is 1.81. The van der Waals surface area contributed by atoms with E-state index >= 15 is 0 Å². The summed E-state index contributed by atoms with van der Waals surface area (Å²) in [7, 11) is 0. The molecule has 122 valence electrons. The van der Waals surface area contributed by atoms with Crippen molar-refractivity contribution in [2.24, 2.45) is 5.92 Å². The Bertz CT molecular complexity index is 855. The molecule has 1 heterocycles. The fourth-order valence-corrected chi connectivity index (χ4v) is 4.59. The number of benzene rings is 2. The van der Waals surface area contributed by atoms with Crippen molar-refractivity contribution in [3.05, 3.63) is 74.3 Å². The Morgan fingerprint density at radius 2 is 1.96 bits per heavy atom. The predicted octanol–water partition coefficient (Wildman–Crippen LogP) is 4.76. The summed E-state index contributed by atoms with van der Waals surface area (Å²) in [6.07, 6.45) is 1.88. The maximum Gasteiger partial charge on any atom is 0.287 e. The van der Waals surface area contributed by atoms with E-state index in [9.17, 15) is 10.1 Å². The molecular weight excluding hydrogens is 344 g/mol. The van der Waals surface area contributed by atoms with Gasteiger partial charge in [-0.25, -0.2) is 0 Å². The lowest BCUT2D eigenvalue weighted by molar-refractivity contribution is -0.384. The number of nitro benzene ring substituents is 1. The molecule has 1 N–H and O–H groups in total. The molecule has 24 heavy (non-hydrogen) atoms. The maximum absolute atomic E-state index is 11.0. The van der Waals surface area contributed by atoms with Crippen molar-refractivity contribution in [1.29, 1.82) is 0 Å². The van der Waals surface area contributed by atoms with E-state index < -0.39 is 4.92 Å². The summed E-state index contributed by atoms with van der Waals surface area (Å²) in [5.41, 5.74) is 3.50. The van der Waals surface area contributed by atoms with Crippen molar-refractivity contribution in [2.45, 2.75) is 24.8 Å². The molecular formula is C18H15ClN2O2S. The van der Waals surface area contributed by atoms with Crippen LogP contribution in [0.1, 0.15) is 41.5 Å². The largest absolute Gasteiger partial charge is 0.373 e. The minimum Gasteiger partial charge on any atom is -0.373 e. The van der Waals surface area contributed by atoms with Gasteiger partial charge >= 0.3 is 0 Å². The van der Waals surface area contributed by atoms with E-state index in [4.69, 9.17) is 23.8 Å². The number of fused-ring (bicyclic) bond motifs is 3. The average Bonchev–Trinajstić information content (AvgIpc) is 2.88. The van der Waals surface area contributed by atoms with Crippen LogP contribution in [0.15, 0.2) is 42.5 Å². The van der Waals surface area contributed by atoms with Crippen molar-refractivity contribution in [1.82, 2.24) is 5.32 Å². The van der Waals surface area contributed by atoms with Crippen LogP contribution in [0, 0.1) is 16.0 Å². The lowest BCUT2D eigenvalue weighted by Gasteiger charge is -2.32. The second-order valence-electron chi connectivity index (χ2n) is 6.32. The van der Waals surface area contributed by atoms with Crippen LogP contribution in [-0.4, -0.2) is 9.91 Å². The summed E-state index contributed by atoms with van der Waals surface area (Å²) in [4.78, 5) is 11.5. The third kappa shape index (κ3) is 2.39. The minimum atomic E-state index is -0.446. The fourth-order valence-electron chi connectivity index (χ4n) is 4.08. The third-order valence-corrected chi connectivity index (χ3v) is 5.70. The van der Waals surface area contributed by atoms with Crippen LogP contribution in [0.5, 0.6) is 0 Å². The molecule has 0 amide bonds. The molecule has 4 nitrogen and oxygen atoms in total. The van der Waals surface area contributed by atoms with Crippen LogP contribution in [-0.2, 0) is 0 Å². The molecule has 6 heteroatoms. The molecule has 2 aromatic rings. The fraction of sp³-hybridized carbons (Fsp3) is 0.278. The van der Waals surface area contributed by atoms with Gasteiger partial charge in [-0.1, -0.05) is 54.2 Å². The molecule has 2 aromatic carbocycles. The van der Waals surface area contributed by atoms with Crippen molar-refractivity contribution >= 4 is 34.5 Å². The molecule has 4 rings (SSSR count). The van der Waals surface area contributed by atoms with Gasteiger partial charge in [-0.15, -0.1) is 0 Å². The Labute approximate surface area is 150 Å². The molecule has 3 atom stereocenters. The first-order valence-electron chi connectivity index (χ1n) is 7.88. The molecule has 1 fully saturated rings. The van der Waals surface area contributed by atoms with Crippen molar-refractivity contribution in [3.8, 4) is 0 Å². The number of hydrogen-bond donors (Lipinski definition) is 1. The van der Waals surface area contributed by atoms with E-state index in [2.05, 4.69) is 17.4 Å². The first-order chi connectivity index (χ1) is 11.6. The van der Waals surface area contributed by atoms with E-state index in [-0.39, 0.29) is 22.7 Å². The molecule has 0 aromatic heterocycles. The number of thiocarbonyl (C=S) groups is 1. The van der Waals surface area contributed by atoms with Gasteiger partial charge in [0, 0.05) is 12.0 Å². The first-order valence-corrected chi connectivity index (χ1v) is 8.67. The summed E-state index contributed by atoms with van der Waals surface area (Å²) < 4.78 is 0. The number of hydrogen-bond acceptors (Lipinski definition) is 3. The summed E-state index contributed by atoms with van der Waals surface area (Å²) >= 11 is 11.5. The van der Waals surface area contributed by atoms with Crippen LogP contribution >= 0.6 is 23.8 Å². The zero-order valence-corrected chi connectivity index (χ0v) is 14.3. The van der Waals surface area contributed by atoms with Crippen LogP contribution in [0.3, 0.4) is 0 Å². The maximum atomic E-state index is 11.0. The summed E-state index contributed by atoms with van der Waals surface area (Å²) in [5.74, 6) is 0.562. The number of nitro groups is 1. The van der Waals surface area contributed by atoms with Crippen molar-refractivity contribution in [2.75, 3.05) is 0 Å². The van der Waals surface area contributed by atoms with Gasteiger partial charge in [0.15, 0.2) is 0 Å². The summed E-state index contributed by atoms with van der Waals surface area (Å²) in [5, 5.41) is 14.7. The number of halogens is 1. The van der Waals surface area contributed by atoms with Crippen LogP contribution < -0.4 is 5.32 Å². The van der Waals surface area contributed by atoms with E-state index in [0.717, 1.165) is 23.4 Å². The molecule has 1 aliphatic carbocycles. The average molecular weight is 359 g/mol. The normalized spacial score (nSPS) is 24.9. The standard InChI is InChI=1S/C18H15ClN2O2S/c19-14-9-10(5-7-15(14)21(22)23)17-11-3-1-2-4-12(11)18-13(17)6-8-16(24)20-18/h1-5,7,9,13,17-18H,6,8H2,(H,20,24). The Morgan fingerprint density at radius 1 is 1.21 bits per heavy atom. The van der Waals surface area contributed by atoms with E-state index in [0.29, 0.717) is 5.92 Å². The molecule has 1 saturated heterocycles. The van der Waals surface area contributed by atoms with Gasteiger partial charge in [0.25, 0.3) is 5.69 Å². The zero-order chi connectivity index (χ0) is 16.8. The molecule has 0 saturated carbocycles. The molecule has 0 radical (unpaired) electrons. The Hall–Kier alpha value is -1.98.